The van der Waals surface area contributed by atoms with Gasteiger partial charge < -0.3 is 24.7 Å². The van der Waals surface area contributed by atoms with E-state index in [-0.39, 0.29) is 11.5 Å². The second kappa shape index (κ2) is 9.64. The van der Waals surface area contributed by atoms with Crippen LogP contribution in [0.15, 0.2) is 4.99 Å². The van der Waals surface area contributed by atoms with Crippen molar-refractivity contribution in [1.82, 2.24) is 25.4 Å². The summed E-state index contributed by atoms with van der Waals surface area (Å²) in [5.41, 5.74) is 0.252. The van der Waals surface area contributed by atoms with Crippen LogP contribution in [0.4, 0.5) is 0 Å². The molecule has 4 rings (SSSR count). The number of aryl methyl sites for hydroxylation is 1. The molecule has 3 fully saturated rings. The van der Waals surface area contributed by atoms with Crippen LogP contribution < -0.4 is 10.6 Å². The van der Waals surface area contributed by atoms with Gasteiger partial charge in [-0.3, -0.25) is 0 Å². The lowest BCUT2D eigenvalue weighted by Crippen LogP contribution is -2.66. The lowest BCUT2D eigenvalue weighted by atomic mass is 9.55. The average molecular weight is 419 g/mol. The summed E-state index contributed by atoms with van der Waals surface area (Å²) < 4.78 is 13.9. The van der Waals surface area contributed by atoms with Gasteiger partial charge in [0.05, 0.1) is 12.2 Å². The minimum absolute atomic E-state index is 0.252. The molecule has 2 N–H and O–H groups in total. The molecule has 168 valence electrons. The van der Waals surface area contributed by atoms with Crippen LogP contribution in [0.2, 0.25) is 0 Å². The van der Waals surface area contributed by atoms with Crippen molar-refractivity contribution in [2.24, 2.45) is 17.5 Å². The first-order valence-electron chi connectivity index (χ1n) is 11.8. The Bertz CT molecular complexity index is 721. The van der Waals surface area contributed by atoms with Crippen molar-refractivity contribution in [2.45, 2.75) is 90.0 Å². The van der Waals surface area contributed by atoms with E-state index in [9.17, 15) is 0 Å². The standard InChI is InChI=1S/C22H38N6O2/c1-4-29-19-13-18(22(19)10-6-5-7-11-22)25-21(23-14-17-9-8-12-30-17)24-15-20-27-26-16(2)28(20)3/h17-19H,4-15H2,1-3H3,(H2,23,24,25). The molecule has 2 aliphatic carbocycles. The van der Waals surface area contributed by atoms with Crippen LogP contribution in [0.25, 0.3) is 0 Å². The molecule has 1 aromatic rings. The van der Waals surface area contributed by atoms with Gasteiger partial charge in [0.25, 0.3) is 0 Å². The summed E-state index contributed by atoms with van der Waals surface area (Å²) in [7, 11) is 1.99. The predicted octanol–water partition coefficient (Wildman–Crippen LogP) is 2.47. The molecule has 3 atom stereocenters. The third kappa shape index (κ3) is 4.49. The quantitative estimate of drug-likeness (QED) is 0.523. The maximum absolute atomic E-state index is 6.13. The Morgan fingerprint density at radius 2 is 2.10 bits per heavy atom. The summed E-state index contributed by atoms with van der Waals surface area (Å²) in [5, 5.41) is 15.7. The van der Waals surface area contributed by atoms with E-state index < -0.39 is 0 Å². The monoisotopic (exact) mass is 418 g/mol. The number of ether oxygens (including phenoxy) is 2. The Morgan fingerprint density at radius 3 is 2.77 bits per heavy atom. The third-order valence-corrected chi connectivity index (χ3v) is 7.33. The molecule has 1 aliphatic heterocycles. The van der Waals surface area contributed by atoms with Gasteiger partial charge in [-0.1, -0.05) is 19.3 Å². The van der Waals surface area contributed by atoms with Gasteiger partial charge in [-0.25, -0.2) is 4.99 Å². The van der Waals surface area contributed by atoms with Crippen molar-refractivity contribution >= 4 is 5.96 Å². The highest BCUT2D eigenvalue weighted by Crippen LogP contribution is 2.53. The second-order valence-electron chi connectivity index (χ2n) is 9.07. The lowest BCUT2D eigenvalue weighted by molar-refractivity contribution is -0.145. The molecule has 0 amide bonds. The van der Waals surface area contributed by atoms with E-state index in [0.29, 0.717) is 18.7 Å². The van der Waals surface area contributed by atoms with Crippen molar-refractivity contribution in [3.63, 3.8) is 0 Å². The highest BCUT2D eigenvalue weighted by atomic mass is 16.5. The maximum atomic E-state index is 6.13. The van der Waals surface area contributed by atoms with Crippen LogP contribution in [0.3, 0.4) is 0 Å². The molecule has 1 spiro atoms. The van der Waals surface area contributed by atoms with Crippen molar-refractivity contribution in [1.29, 1.82) is 0 Å². The molecule has 8 heteroatoms. The zero-order valence-electron chi connectivity index (χ0n) is 18.8. The number of guanidine groups is 1. The van der Waals surface area contributed by atoms with Crippen molar-refractivity contribution in [3.8, 4) is 0 Å². The smallest absolute Gasteiger partial charge is 0.192 e. The van der Waals surface area contributed by atoms with Gasteiger partial charge in [-0.05, 0) is 46.0 Å². The van der Waals surface area contributed by atoms with E-state index in [0.717, 1.165) is 56.6 Å². The average Bonchev–Trinajstić information content (AvgIpc) is 3.40. The summed E-state index contributed by atoms with van der Waals surface area (Å²) in [6, 6.07) is 0.409. The molecule has 3 unspecified atom stereocenters. The van der Waals surface area contributed by atoms with Gasteiger partial charge in [0.15, 0.2) is 11.8 Å². The molecule has 2 heterocycles. The molecule has 0 radical (unpaired) electrons. The van der Waals surface area contributed by atoms with Crippen molar-refractivity contribution in [3.05, 3.63) is 11.6 Å². The zero-order valence-corrected chi connectivity index (χ0v) is 18.8. The number of hydrogen-bond acceptors (Lipinski definition) is 5. The fourth-order valence-corrected chi connectivity index (χ4v) is 5.34. The molecule has 8 nitrogen and oxygen atoms in total. The molecular formula is C22H38N6O2. The van der Waals surface area contributed by atoms with E-state index in [1.807, 2.05) is 18.5 Å². The zero-order chi connectivity index (χ0) is 21.0. The van der Waals surface area contributed by atoms with Gasteiger partial charge in [-0.2, -0.15) is 0 Å². The SMILES string of the molecule is CCOC1CC(NC(=NCc2nnc(C)n2C)NCC2CCCO2)C12CCCCC2. The van der Waals surface area contributed by atoms with E-state index in [4.69, 9.17) is 14.5 Å². The molecule has 1 aromatic heterocycles. The number of rotatable bonds is 7. The Labute approximate surface area is 180 Å². The molecule has 30 heavy (non-hydrogen) atoms. The van der Waals surface area contributed by atoms with Crippen LogP contribution in [-0.2, 0) is 23.1 Å². The molecular weight excluding hydrogens is 380 g/mol. The first-order chi connectivity index (χ1) is 14.6. The van der Waals surface area contributed by atoms with Crippen molar-refractivity contribution in [2.75, 3.05) is 19.8 Å². The third-order valence-electron chi connectivity index (χ3n) is 7.33. The molecule has 1 saturated heterocycles. The summed E-state index contributed by atoms with van der Waals surface area (Å²) >= 11 is 0. The summed E-state index contributed by atoms with van der Waals surface area (Å²) in [4.78, 5) is 4.87. The topological polar surface area (TPSA) is 85.6 Å². The van der Waals surface area contributed by atoms with E-state index in [2.05, 4.69) is 27.8 Å². The number of nitrogens with zero attached hydrogens (tertiary/aromatic N) is 4. The Hall–Kier alpha value is -1.67. The molecule has 0 bridgehead atoms. The maximum Gasteiger partial charge on any atom is 0.192 e. The van der Waals surface area contributed by atoms with Crippen LogP contribution >= 0.6 is 0 Å². The van der Waals surface area contributed by atoms with Gasteiger partial charge in [0, 0.05) is 38.3 Å². The molecule has 0 aromatic carbocycles. The second-order valence-corrected chi connectivity index (χ2v) is 9.07. The van der Waals surface area contributed by atoms with E-state index in [1.165, 1.54) is 32.1 Å². The van der Waals surface area contributed by atoms with Gasteiger partial charge in [-0.15, -0.1) is 10.2 Å². The predicted molar refractivity (Wildman–Crippen MR) is 116 cm³/mol. The summed E-state index contributed by atoms with van der Waals surface area (Å²) in [5.74, 6) is 2.64. The summed E-state index contributed by atoms with van der Waals surface area (Å²) in [6.07, 6.45) is 10.4. The molecule has 3 aliphatic rings. The lowest BCUT2D eigenvalue weighted by Gasteiger charge is -2.58. The van der Waals surface area contributed by atoms with E-state index >= 15 is 0 Å². The number of aliphatic imine (C=N–C) groups is 1. The first kappa shape index (κ1) is 21.6. The Kier molecular flexibility index (Phi) is 6.93. The number of nitrogens with one attached hydrogen (secondary N) is 2. The number of aromatic nitrogens is 3. The Morgan fingerprint density at radius 1 is 1.27 bits per heavy atom. The normalized spacial score (nSPS) is 28.5. The minimum atomic E-state index is 0.252. The van der Waals surface area contributed by atoms with Crippen LogP contribution in [0.5, 0.6) is 0 Å². The van der Waals surface area contributed by atoms with Crippen molar-refractivity contribution < 1.29 is 9.47 Å². The summed E-state index contributed by atoms with van der Waals surface area (Å²) in [6.45, 7) is 7.03. The van der Waals surface area contributed by atoms with Crippen LogP contribution in [0.1, 0.15) is 69.9 Å². The largest absolute Gasteiger partial charge is 0.378 e. The molecule has 2 saturated carbocycles. The van der Waals surface area contributed by atoms with Crippen LogP contribution in [0, 0.1) is 12.3 Å². The van der Waals surface area contributed by atoms with E-state index in [1.54, 1.807) is 0 Å². The van der Waals surface area contributed by atoms with Gasteiger partial charge in [0.1, 0.15) is 12.4 Å². The highest BCUT2D eigenvalue weighted by molar-refractivity contribution is 5.80. The number of hydrogen-bond donors (Lipinski definition) is 2. The van der Waals surface area contributed by atoms with Crippen LogP contribution in [-0.4, -0.2) is 58.7 Å². The minimum Gasteiger partial charge on any atom is -0.378 e. The Balaban J connectivity index is 1.45. The first-order valence-corrected chi connectivity index (χ1v) is 11.8. The fourth-order valence-electron chi connectivity index (χ4n) is 5.34. The van der Waals surface area contributed by atoms with Gasteiger partial charge >= 0.3 is 0 Å². The fraction of sp³-hybridized carbons (Fsp3) is 0.864. The van der Waals surface area contributed by atoms with Gasteiger partial charge in [0.2, 0.25) is 0 Å². The highest BCUT2D eigenvalue weighted by Gasteiger charge is 2.55.